The van der Waals surface area contributed by atoms with Crippen molar-refractivity contribution in [3.8, 4) is 0 Å². The molecule has 0 aromatic carbocycles. The molecule has 3 nitrogen and oxygen atoms in total. The molecule has 2 N–H and O–H groups in total. The van der Waals surface area contributed by atoms with Crippen molar-refractivity contribution < 1.29 is 0 Å². The Morgan fingerprint density at radius 1 is 1.13 bits per heavy atom. The van der Waals surface area contributed by atoms with Crippen molar-refractivity contribution in [3.05, 3.63) is 0 Å². The number of hydrogen-bond donors (Lipinski definition) is 1. The van der Waals surface area contributed by atoms with Crippen LogP contribution >= 0.6 is 0 Å². The molecular weight excluding hydrogens is 186 g/mol. The van der Waals surface area contributed by atoms with Gasteiger partial charge in [0.25, 0.3) is 0 Å². The first-order valence-electron chi connectivity index (χ1n) is 6.26. The third kappa shape index (κ3) is 4.49. The SMILES string of the molecule is CC(C)CC(CCN)N1CCN(C)CC1. The lowest BCUT2D eigenvalue weighted by Crippen LogP contribution is -2.49. The maximum Gasteiger partial charge on any atom is 0.0113 e. The summed E-state index contributed by atoms with van der Waals surface area (Å²) >= 11 is 0. The fraction of sp³-hybridized carbons (Fsp3) is 1.00. The lowest BCUT2D eigenvalue weighted by Gasteiger charge is -2.38. The van der Waals surface area contributed by atoms with Crippen LogP contribution in [0.3, 0.4) is 0 Å². The molecule has 1 atom stereocenters. The van der Waals surface area contributed by atoms with Crippen LogP contribution in [0.2, 0.25) is 0 Å². The minimum absolute atomic E-state index is 0.712. The van der Waals surface area contributed by atoms with Crippen LogP contribution in [-0.2, 0) is 0 Å². The number of likely N-dealkylation sites (N-methyl/N-ethyl adjacent to an activating group) is 1. The van der Waals surface area contributed by atoms with Gasteiger partial charge in [-0.3, -0.25) is 4.90 Å². The van der Waals surface area contributed by atoms with Gasteiger partial charge in [-0.25, -0.2) is 0 Å². The van der Waals surface area contributed by atoms with Crippen LogP contribution in [-0.4, -0.2) is 55.6 Å². The summed E-state index contributed by atoms with van der Waals surface area (Å²) in [6, 6.07) is 0.712. The van der Waals surface area contributed by atoms with E-state index in [1.807, 2.05) is 0 Å². The molecule has 15 heavy (non-hydrogen) atoms. The molecule has 0 aromatic rings. The van der Waals surface area contributed by atoms with Gasteiger partial charge in [-0.05, 0) is 32.4 Å². The molecule has 0 bridgehead atoms. The normalized spacial score (nSPS) is 22.2. The zero-order chi connectivity index (χ0) is 11.3. The van der Waals surface area contributed by atoms with Crippen molar-refractivity contribution in [3.63, 3.8) is 0 Å². The Labute approximate surface area is 94.6 Å². The topological polar surface area (TPSA) is 32.5 Å². The summed E-state index contributed by atoms with van der Waals surface area (Å²) in [4.78, 5) is 5.04. The summed E-state index contributed by atoms with van der Waals surface area (Å²) in [5.41, 5.74) is 5.70. The predicted octanol–water partition coefficient (Wildman–Crippen LogP) is 0.997. The first-order chi connectivity index (χ1) is 7.13. The van der Waals surface area contributed by atoms with Gasteiger partial charge in [0.15, 0.2) is 0 Å². The van der Waals surface area contributed by atoms with Crippen molar-refractivity contribution in [2.45, 2.75) is 32.7 Å². The maximum atomic E-state index is 5.70. The van der Waals surface area contributed by atoms with Crippen LogP contribution < -0.4 is 5.73 Å². The Morgan fingerprint density at radius 3 is 2.20 bits per heavy atom. The highest BCUT2D eigenvalue weighted by atomic mass is 15.3. The van der Waals surface area contributed by atoms with E-state index in [2.05, 4.69) is 30.7 Å². The molecule has 1 unspecified atom stereocenters. The summed E-state index contributed by atoms with van der Waals surface area (Å²) in [6.45, 7) is 10.3. The molecule has 0 saturated carbocycles. The molecule has 1 fully saturated rings. The van der Waals surface area contributed by atoms with Gasteiger partial charge in [-0.15, -0.1) is 0 Å². The Bertz CT molecular complexity index is 162. The predicted molar refractivity (Wildman–Crippen MR) is 66.0 cm³/mol. The van der Waals surface area contributed by atoms with Crippen molar-refractivity contribution in [1.29, 1.82) is 0 Å². The first kappa shape index (κ1) is 12.9. The molecule has 1 heterocycles. The minimum Gasteiger partial charge on any atom is -0.330 e. The molecule has 0 spiro atoms. The lowest BCUT2D eigenvalue weighted by atomic mass is 9.99. The van der Waals surface area contributed by atoms with E-state index in [0.29, 0.717) is 6.04 Å². The quantitative estimate of drug-likeness (QED) is 0.739. The molecule has 0 radical (unpaired) electrons. The minimum atomic E-state index is 0.712. The van der Waals surface area contributed by atoms with E-state index in [0.717, 1.165) is 18.9 Å². The van der Waals surface area contributed by atoms with E-state index in [9.17, 15) is 0 Å². The van der Waals surface area contributed by atoms with Crippen molar-refractivity contribution in [2.75, 3.05) is 39.8 Å². The second-order valence-corrected chi connectivity index (χ2v) is 5.20. The Balaban J connectivity index is 2.40. The van der Waals surface area contributed by atoms with Crippen LogP contribution in [0, 0.1) is 5.92 Å². The van der Waals surface area contributed by atoms with Gasteiger partial charge in [0.05, 0.1) is 0 Å². The van der Waals surface area contributed by atoms with Gasteiger partial charge in [0.1, 0.15) is 0 Å². The van der Waals surface area contributed by atoms with E-state index in [1.54, 1.807) is 0 Å². The zero-order valence-electron chi connectivity index (χ0n) is 10.6. The number of nitrogens with zero attached hydrogens (tertiary/aromatic N) is 2. The van der Waals surface area contributed by atoms with E-state index in [4.69, 9.17) is 5.73 Å². The zero-order valence-corrected chi connectivity index (χ0v) is 10.6. The molecule has 1 saturated heterocycles. The molecular formula is C12H27N3. The Morgan fingerprint density at radius 2 is 1.73 bits per heavy atom. The summed E-state index contributed by atoms with van der Waals surface area (Å²) < 4.78 is 0. The second-order valence-electron chi connectivity index (χ2n) is 5.20. The Kier molecular flexibility index (Phi) is 5.58. The largest absolute Gasteiger partial charge is 0.330 e. The summed E-state index contributed by atoms with van der Waals surface area (Å²) in [5.74, 6) is 0.779. The van der Waals surface area contributed by atoms with Gasteiger partial charge < -0.3 is 10.6 Å². The second kappa shape index (κ2) is 6.46. The average Bonchev–Trinajstić information content (AvgIpc) is 2.17. The molecule has 0 aliphatic carbocycles. The molecule has 1 rings (SSSR count). The third-order valence-corrected chi connectivity index (χ3v) is 3.30. The van der Waals surface area contributed by atoms with E-state index < -0.39 is 0 Å². The summed E-state index contributed by atoms with van der Waals surface area (Å²) in [7, 11) is 2.21. The number of piperazine rings is 1. The van der Waals surface area contributed by atoms with Crippen LogP contribution in [0.1, 0.15) is 26.7 Å². The van der Waals surface area contributed by atoms with Crippen molar-refractivity contribution in [1.82, 2.24) is 9.80 Å². The third-order valence-electron chi connectivity index (χ3n) is 3.30. The van der Waals surface area contributed by atoms with Crippen LogP contribution in [0.15, 0.2) is 0 Å². The van der Waals surface area contributed by atoms with Crippen molar-refractivity contribution >= 4 is 0 Å². The first-order valence-corrected chi connectivity index (χ1v) is 6.26. The van der Waals surface area contributed by atoms with Gasteiger partial charge in [-0.2, -0.15) is 0 Å². The highest BCUT2D eigenvalue weighted by Gasteiger charge is 2.22. The summed E-state index contributed by atoms with van der Waals surface area (Å²) in [6.07, 6.45) is 2.45. The van der Waals surface area contributed by atoms with Gasteiger partial charge >= 0.3 is 0 Å². The van der Waals surface area contributed by atoms with Gasteiger partial charge in [0.2, 0.25) is 0 Å². The van der Waals surface area contributed by atoms with Gasteiger partial charge in [0, 0.05) is 32.2 Å². The van der Waals surface area contributed by atoms with E-state index in [-0.39, 0.29) is 0 Å². The van der Waals surface area contributed by atoms with Gasteiger partial charge in [-0.1, -0.05) is 13.8 Å². The highest BCUT2D eigenvalue weighted by molar-refractivity contribution is 4.78. The standard InChI is InChI=1S/C12H27N3/c1-11(2)10-12(4-5-13)15-8-6-14(3)7-9-15/h11-12H,4-10,13H2,1-3H3. The number of rotatable bonds is 5. The highest BCUT2D eigenvalue weighted by Crippen LogP contribution is 2.16. The molecule has 90 valence electrons. The maximum absolute atomic E-state index is 5.70. The van der Waals surface area contributed by atoms with Crippen molar-refractivity contribution in [2.24, 2.45) is 11.7 Å². The molecule has 1 aliphatic rings. The van der Waals surface area contributed by atoms with Crippen LogP contribution in [0.4, 0.5) is 0 Å². The summed E-state index contributed by atoms with van der Waals surface area (Å²) in [5, 5.41) is 0. The fourth-order valence-corrected chi connectivity index (χ4v) is 2.37. The molecule has 3 heteroatoms. The average molecular weight is 213 g/mol. The van der Waals surface area contributed by atoms with Crippen LogP contribution in [0.25, 0.3) is 0 Å². The number of hydrogen-bond acceptors (Lipinski definition) is 3. The monoisotopic (exact) mass is 213 g/mol. The molecule has 0 aromatic heterocycles. The number of nitrogens with two attached hydrogens (primary N) is 1. The fourth-order valence-electron chi connectivity index (χ4n) is 2.37. The Hall–Kier alpha value is -0.120. The molecule has 1 aliphatic heterocycles. The molecule has 0 amide bonds. The van der Waals surface area contributed by atoms with E-state index in [1.165, 1.54) is 32.6 Å². The lowest BCUT2D eigenvalue weighted by molar-refractivity contribution is 0.0966. The van der Waals surface area contributed by atoms with Crippen LogP contribution in [0.5, 0.6) is 0 Å². The van der Waals surface area contributed by atoms with E-state index >= 15 is 0 Å². The smallest absolute Gasteiger partial charge is 0.0113 e.